The highest BCUT2D eigenvalue weighted by atomic mass is 32.2. The van der Waals surface area contributed by atoms with Gasteiger partial charge in [0, 0.05) is 17.2 Å². The predicted octanol–water partition coefficient (Wildman–Crippen LogP) is 3.82. The first kappa shape index (κ1) is 12.6. The summed E-state index contributed by atoms with van der Waals surface area (Å²) >= 11 is 1.28. The SMILES string of the molecule is O=C1CCCC1CCSc1cc(F)ccc1F. The summed E-state index contributed by atoms with van der Waals surface area (Å²) in [5, 5.41) is 0. The largest absolute Gasteiger partial charge is 0.299 e. The molecule has 0 radical (unpaired) electrons. The van der Waals surface area contributed by atoms with E-state index in [1.165, 1.54) is 17.8 Å². The molecule has 1 aromatic rings. The zero-order chi connectivity index (χ0) is 12.3. The summed E-state index contributed by atoms with van der Waals surface area (Å²) in [5.41, 5.74) is 0. The van der Waals surface area contributed by atoms with Crippen molar-refractivity contribution in [2.75, 3.05) is 5.75 Å². The maximum atomic E-state index is 13.3. The molecular formula is C13H14F2OS. The second-order valence-electron chi connectivity index (χ2n) is 4.27. The smallest absolute Gasteiger partial charge is 0.136 e. The Morgan fingerprint density at radius 1 is 1.35 bits per heavy atom. The highest BCUT2D eigenvalue weighted by Crippen LogP contribution is 2.29. The standard InChI is InChI=1S/C13H14F2OS/c14-10-4-5-11(15)13(8-10)17-7-6-9-2-1-3-12(9)16/h4-5,8-9H,1-3,6-7H2. The van der Waals surface area contributed by atoms with Crippen molar-refractivity contribution >= 4 is 17.5 Å². The fourth-order valence-corrected chi connectivity index (χ4v) is 3.12. The van der Waals surface area contributed by atoms with Crippen LogP contribution in [0.2, 0.25) is 0 Å². The Bertz CT molecular complexity index is 420. The Hall–Kier alpha value is -0.900. The normalized spacial score (nSPS) is 19.9. The number of carbonyl (C=O) groups is 1. The van der Waals surface area contributed by atoms with E-state index in [9.17, 15) is 13.6 Å². The maximum absolute atomic E-state index is 13.3. The minimum Gasteiger partial charge on any atom is -0.299 e. The van der Waals surface area contributed by atoms with Crippen LogP contribution >= 0.6 is 11.8 Å². The van der Waals surface area contributed by atoms with Gasteiger partial charge < -0.3 is 0 Å². The van der Waals surface area contributed by atoms with Crippen molar-refractivity contribution in [3.8, 4) is 0 Å². The maximum Gasteiger partial charge on any atom is 0.136 e. The first-order valence-corrected chi connectivity index (χ1v) is 6.76. The zero-order valence-electron chi connectivity index (χ0n) is 9.42. The molecular weight excluding hydrogens is 242 g/mol. The molecule has 1 unspecified atom stereocenters. The third-order valence-electron chi connectivity index (χ3n) is 3.05. The lowest BCUT2D eigenvalue weighted by molar-refractivity contribution is -0.120. The number of carbonyl (C=O) groups excluding carboxylic acids is 1. The van der Waals surface area contributed by atoms with Gasteiger partial charge in [-0.1, -0.05) is 0 Å². The molecule has 4 heteroatoms. The Balaban J connectivity index is 1.85. The monoisotopic (exact) mass is 256 g/mol. The van der Waals surface area contributed by atoms with Crippen LogP contribution < -0.4 is 0 Å². The molecule has 0 heterocycles. The molecule has 0 N–H and O–H groups in total. The summed E-state index contributed by atoms with van der Waals surface area (Å²) < 4.78 is 26.2. The van der Waals surface area contributed by atoms with Gasteiger partial charge in [-0.15, -0.1) is 11.8 Å². The lowest BCUT2D eigenvalue weighted by atomic mass is 10.1. The van der Waals surface area contributed by atoms with Crippen LogP contribution in [-0.2, 0) is 4.79 Å². The van der Waals surface area contributed by atoms with E-state index in [1.54, 1.807) is 0 Å². The van der Waals surface area contributed by atoms with E-state index in [-0.39, 0.29) is 5.92 Å². The van der Waals surface area contributed by atoms with Gasteiger partial charge in [-0.3, -0.25) is 4.79 Å². The number of hydrogen-bond donors (Lipinski definition) is 0. The van der Waals surface area contributed by atoms with E-state index >= 15 is 0 Å². The Morgan fingerprint density at radius 3 is 2.88 bits per heavy atom. The summed E-state index contributed by atoms with van der Waals surface area (Å²) in [6, 6.07) is 3.45. The molecule has 1 saturated carbocycles. The predicted molar refractivity (Wildman–Crippen MR) is 64.0 cm³/mol. The molecule has 0 spiro atoms. The highest BCUT2D eigenvalue weighted by molar-refractivity contribution is 7.99. The molecule has 0 bridgehead atoms. The minimum atomic E-state index is -0.425. The van der Waals surface area contributed by atoms with E-state index in [0.29, 0.717) is 22.9 Å². The summed E-state index contributed by atoms with van der Waals surface area (Å²) in [6.07, 6.45) is 3.37. The van der Waals surface area contributed by atoms with Crippen LogP contribution in [0, 0.1) is 17.6 Å². The van der Waals surface area contributed by atoms with Gasteiger partial charge in [0.15, 0.2) is 0 Å². The molecule has 0 aromatic heterocycles. The summed E-state index contributed by atoms with van der Waals surface area (Å²) in [5.74, 6) is 0.306. The van der Waals surface area contributed by atoms with Crippen molar-refractivity contribution in [1.29, 1.82) is 0 Å². The molecule has 1 nitrogen and oxygen atoms in total. The number of ketones is 1. The van der Waals surface area contributed by atoms with Crippen LogP contribution in [0.1, 0.15) is 25.7 Å². The topological polar surface area (TPSA) is 17.1 Å². The first-order valence-electron chi connectivity index (χ1n) is 5.77. The van der Waals surface area contributed by atoms with Gasteiger partial charge >= 0.3 is 0 Å². The van der Waals surface area contributed by atoms with E-state index < -0.39 is 11.6 Å². The fraction of sp³-hybridized carbons (Fsp3) is 0.462. The van der Waals surface area contributed by atoms with Crippen molar-refractivity contribution in [2.45, 2.75) is 30.6 Å². The lowest BCUT2D eigenvalue weighted by Crippen LogP contribution is -2.06. The highest BCUT2D eigenvalue weighted by Gasteiger charge is 2.23. The van der Waals surface area contributed by atoms with Crippen LogP contribution in [0.3, 0.4) is 0 Å². The van der Waals surface area contributed by atoms with Crippen LogP contribution in [0.25, 0.3) is 0 Å². The zero-order valence-corrected chi connectivity index (χ0v) is 10.2. The molecule has 1 aliphatic carbocycles. The van der Waals surface area contributed by atoms with Gasteiger partial charge in [-0.2, -0.15) is 0 Å². The second-order valence-corrected chi connectivity index (χ2v) is 5.40. The van der Waals surface area contributed by atoms with Gasteiger partial charge in [-0.25, -0.2) is 8.78 Å². The van der Waals surface area contributed by atoms with E-state index in [2.05, 4.69) is 0 Å². The average molecular weight is 256 g/mol. The molecule has 2 rings (SSSR count). The van der Waals surface area contributed by atoms with Crippen LogP contribution in [0.5, 0.6) is 0 Å². The van der Waals surface area contributed by atoms with Crippen LogP contribution in [0.15, 0.2) is 23.1 Å². The van der Waals surface area contributed by atoms with E-state index in [0.717, 1.165) is 31.4 Å². The molecule has 1 aromatic carbocycles. The molecule has 92 valence electrons. The van der Waals surface area contributed by atoms with Gasteiger partial charge in [0.05, 0.1) is 0 Å². The summed E-state index contributed by atoms with van der Waals surface area (Å²) in [7, 11) is 0. The number of thioether (sulfide) groups is 1. The molecule has 0 amide bonds. The summed E-state index contributed by atoms with van der Waals surface area (Å²) in [4.78, 5) is 11.7. The molecule has 1 atom stereocenters. The quantitative estimate of drug-likeness (QED) is 0.762. The van der Waals surface area contributed by atoms with Gasteiger partial charge in [-0.05, 0) is 43.2 Å². The van der Waals surface area contributed by atoms with Gasteiger partial charge in [0.25, 0.3) is 0 Å². The van der Waals surface area contributed by atoms with Crippen molar-refractivity contribution in [3.05, 3.63) is 29.8 Å². The van der Waals surface area contributed by atoms with Crippen molar-refractivity contribution in [1.82, 2.24) is 0 Å². The molecule has 1 aliphatic rings. The first-order chi connectivity index (χ1) is 8.16. The minimum absolute atomic E-state index is 0.138. The molecule has 0 aliphatic heterocycles. The average Bonchev–Trinajstić information content (AvgIpc) is 2.70. The van der Waals surface area contributed by atoms with Crippen LogP contribution in [-0.4, -0.2) is 11.5 Å². The van der Waals surface area contributed by atoms with Crippen molar-refractivity contribution < 1.29 is 13.6 Å². The summed E-state index contributed by atoms with van der Waals surface area (Å²) in [6.45, 7) is 0. The number of Topliss-reactive ketones (excluding diaryl/α,β-unsaturated/α-hetero) is 1. The Labute approximate surface area is 104 Å². The second kappa shape index (κ2) is 5.63. The van der Waals surface area contributed by atoms with Crippen LogP contribution in [0.4, 0.5) is 8.78 Å². The molecule has 17 heavy (non-hydrogen) atoms. The van der Waals surface area contributed by atoms with Crippen molar-refractivity contribution in [2.24, 2.45) is 5.92 Å². The van der Waals surface area contributed by atoms with Crippen molar-refractivity contribution in [3.63, 3.8) is 0 Å². The molecule has 1 fully saturated rings. The van der Waals surface area contributed by atoms with E-state index in [4.69, 9.17) is 0 Å². The molecule has 0 saturated heterocycles. The fourth-order valence-electron chi connectivity index (χ4n) is 2.09. The number of halogens is 2. The lowest BCUT2D eigenvalue weighted by Gasteiger charge is -2.07. The number of hydrogen-bond acceptors (Lipinski definition) is 2. The Kier molecular flexibility index (Phi) is 4.15. The third-order valence-corrected chi connectivity index (χ3v) is 4.11. The number of benzene rings is 1. The van der Waals surface area contributed by atoms with E-state index in [1.807, 2.05) is 0 Å². The third kappa shape index (κ3) is 3.28. The Morgan fingerprint density at radius 2 is 2.18 bits per heavy atom. The number of rotatable bonds is 4. The van der Waals surface area contributed by atoms with Gasteiger partial charge in [0.2, 0.25) is 0 Å². The van der Waals surface area contributed by atoms with Gasteiger partial charge in [0.1, 0.15) is 17.4 Å².